The summed E-state index contributed by atoms with van der Waals surface area (Å²) in [6.45, 7) is 0.325. The van der Waals surface area contributed by atoms with Gasteiger partial charge in [0.1, 0.15) is 0 Å². The highest BCUT2D eigenvalue weighted by Crippen LogP contribution is 2.34. The van der Waals surface area contributed by atoms with Gasteiger partial charge in [0.25, 0.3) is 0 Å². The quantitative estimate of drug-likeness (QED) is 0.857. The predicted octanol–water partition coefficient (Wildman–Crippen LogP) is 1.87. The summed E-state index contributed by atoms with van der Waals surface area (Å²) in [4.78, 5) is 13.3. The fraction of sp³-hybridized carbons (Fsp3) is 0.909. The lowest BCUT2D eigenvalue weighted by Crippen LogP contribution is -2.48. The van der Waals surface area contributed by atoms with E-state index in [1.54, 1.807) is 11.8 Å². The summed E-state index contributed by atoms with van der Waals surface area (Å²) in [5, 5.41) is 0. The van der Waals surface area contributed by atoms with Crippen LogP contribution in [0.1, 0.15) is 19.3 Å². The fourth-order valence-corrected chi connectivity index (χ4v) is 2.52. The first-order chi connectivity index (χ1) is 8.36. The average molecular weight is 284 g/mol. The van der Waals surface area contributed by atoms with E-state index in [0.29, 0.717) is 6.42 Å². The maximum absolute atomic E-state index is 12.5. The molecule has 1 heterocycles. The topological polar surface area (TPSA) is 46.3 Å². The number of carbonyl (C=O) groups excluding carboxylic acids is 1. The normalized spacial score (nSPS) is 19.9. The van der Waals surface area contributed by atoms with Crippen LogP contribution in [0.5, 0.6) is 0 Å². The molecule has 0 aromatic carbocycles. The number of halogens is 3. The van der Waals surface area contributed by atoms with E-state index in [2.05, 4.69) is 0 Å². The SMILES string of the molecule is CSCC[C@H](N)C(=O)N1CCC(C(F)(F)F)CC1. The van der Waals surface area contributed by atoms with Crippen LogP contribution < -0.4 is 5.73 Å². The molecule has 3 nitrogen and oxygen atoms in total. The second kappa shape index (κ2) is 6.65. The number of alkyl halides is 3. The summed E-state index contributed by atoms with van der Waals surface area (Å²) in [6, 6.07) is -0.583. The van der Waals surface area contributed by atoms with Crippen molar-refractivity contribution in [2.24, 2.45) is 11.7 Å². The Hall–Kier alpha value is -0.430. The van der Waals surface area contributed by atoms with Crippen molar-refractivity contribution in [3.8, 4) is 0 Å². The monoisotopic (exact) mass is 284 g/mol. The Labute approximate surface area is 109 Å². The van der Waals surface area contributed by atoms with Crippen LogP contribution in [0.2, 0.25) is 0 Å². The van der Waals surface area contributed by atoms with Crippen LogP contribution in [-0.2, 0) is 4.79 Å². The van der Waals surface area contributed by atoms with Crippen LogP contribution in [0.25, 0.3) is 0 Å². The van der Waals surface area contributed by atoms with Gasteiger partial charge >= 0.3 is 6.18 Å². The minimum absolute atomic E-state index is 0.00944. The molecular formula is C11H19F3N2OS. The molecule has 1 aliphatic heterocycles. The van der Waals surface area contributed by atoms with Gasteiger partial charge in [-0.05, 0) is 31.3 Å². The summed E-state index contributed by atoms with van der Waals surface area (Å²) in [5.74, 6) is -0.708. The van der Waals surface area contributed by atoms with Gasteiger partial charge in [0.15, 0.2) is 0 Å². The van der Waals surface area contributed by atoms with Gasteiger partial charge in [0.05, 0.1) is 12.0 Å². The third kappa shape index (κ3) is 4.35. The van der Waals surface area contributed by atoms with Crippen LogP contribution in [0.15, 0.2) is 0 Å². The van der Waals surface area contributed by atoms with Gasteiger partial charge in [0, 0.05) is 13.1 Å². The van der Waals surface area contributed by atoms with Gasteiger partial charge in [-0.2, -0.15) is 24.9 Å². The van der Waals surface area contributed by atoms with Gasteiger partial charge in [-0.15, -0.1) is 0 Å². The number of rotatable bonds is 4. The summed E-state index contributed by atoms with van der Waals surface area (Å²) in [5.41, 5.74) is 5.73. The van der Waals surface area contributed by atoms with Crippen molar-refractivity contribution < 1.29 is 18.0 Å². The number of nitrogens with zero attached hydrogens (tertiary/aromatic N) is 1. The second-order valence-electron chi connectivity index (χ2n) is 4.53. The van der Waals surface area contributed by atoms with Crippen molar-refractivity contribution in [1.29, 1.82) is 0 Å². The molecule has 2 N–H and O–H groups in total. The largest absolute Gasteiger partial charge is 0.391 e. The standard InChI is InChI=1S/C11H19F3N2OS/c1-18-7-4-9(15)10(17)16-5-2-8(3-6-16)11(12,13)14/h8-9H,2-7,15H2,1H3/t9-/m0/s1. The Morgan fingerprint density at radius 1 is 1.44 bits per heavy atom. The van der Waals surface area contributed by atoms with Crippen LogP contribution in [0.4, 0.5) is 13.2 Å². The minimum atomic E-state index is -4.14. The van der Waals surface area contributed by atoms with E-state index in [1.807, 2.05) is 6.26 Å². The molecule has 106 valence electrons. The molecule has 0 aromatic heterocycles. The molecule has 0 aliphatic carbocycles. The maximum Gasteiger partial charge on any atom is 0.391 e. The van der Waals surface area contributed by atoms with E-state index in [9.17, 15) is 18.0 Å². The highest BCUT2D eigenvalue weighted by atomic mass is 32.2. The van der Waals surface area contributed by atoms with E-state index in [1.165, 1.54) is 4.90 Å². The zero-order valence-electron chi connectivity index (χ0n) is 10.4. The molecule has 0 radical (unpaired) electrons. The number of carbonyl (C=O) groups is 1. The smallest absolute Gasteiger partial charge is 0.341 e. The number of hydrogen-bond acceptors (Lipinski definition) is 3. The van der Waals surface area contributed by atoms with Gasteiger partial charge in [-0.3, -0.25) is 4.79 Å². The van der Waals surface area contributed by atoms with E-state index in [-0.39, 0.29) is 31.8 Å². The molecule has 0 unspecified atom stereocenters. The zero-order chi connectivity index (χ0) is 13.8. The average Bonchev–Trinajstić information content (AvgIpc) is 2.34. The van der Waals surface area contributed by atoms with Crippen molar-refractivity contribution in [2.45, 2.75) is 31.5 Å². The third-order valence-corrected chi connectivity index (χ3v) is 3.86. The molecule has 18 heavy (non-hydrogen) atoms. The maximum atomic E-state index is 12.5. The van der Waals surface area contributed by atoms with Crippen LogP contribution in [0.3, 0.4) is 0 Å². The van der Waals surface area contributed by atoms with E-state index >= 15 is 0 Å². The summed E-state index contributed by atoms with van der Waals surface area (Å²) < 4.78 is 37.4. The summed E-state index contributed by atoms with van der Waals surface area (Å²) in [6.07, 6.45) is -1.67. The van der Waals surface area contributed by atoms with Crippen molar-refractivity contribution in [1.82, 2.24) is 4.90 Å². The summed E-state index contributed by atoms with van der Waals surface area (Å²) >= 11 is 1.60. The van der Waals surface area contributed by atoms with E-state index < -0.39 is 18.1 Å². The van der Waals surface area contributed by atoms with Crippen LogP contribution in [0, 0.1) is 5.92 Å². The Kier molecular flexibility index (Phi) is 5.78. The fourth-order valence-electron chi connectivity index (χ4n) is 2.03. The van der Waals surface area contributed by atoms with Crippen molar-refractivity contribution in [2.75, 3.05) is 25.1 Å². The number of nitrogens with two attached hydrogens (primary N) is 1. The number of likely N-dealkylation sites (tertiary alicyclic amines) is 1. The van der Waals surface area contributed by atoms with Crippen LogP contribution >= 0.6 is 11.8 Å². The zero-order valence-corrected chi connectivity index (χ0v) is 11.2. The number of piperidine rings is 1. The van der Waals surface area contributed by atoms with Crippen molar-refractivity contribution in [3.05, 3.63) is 0 Å². The molecule has 7 heteroatoms. The van der Waals surface area contributed by atoms with Gasteiger partial charge < -0.3 is 10.6 Å². The Balaban J connectivity index is 2.40. The lowest BCUT2D eigenvalue weighted by atomic mass is 9.96. The van der Waals surface area contributed by atoms with E-state index in [4.69, 9.17) is 5.73 Å². The number of hydrogen-bond donors (Lipinski definition) is 1. The van der Waals surface area contributed by atoms with E-state index in [0.717, 1.165) is 5.75 Å². The molecule has 0 spiro atoms. The molecule has 1 amide bonds. The molecule has 0 bridgehead atoms. The first kappa shape index (κ1) is 15.6. The predicted molar refractivity (Wildman–Crippen MR) is 66.3 cm³/mol. The Morgan fingerprint density at radius 2 is 2.00 bits per heavy atom. The van der Waals surface area contributed by atoms with Gasteiger partial charge in [-0.1, -0.05) is 0 Å². The molecule has 1 aliphatic rings. The summed E-state index contributed by atoms with van der Waals surface area (Å²) in [7, 11) is 0. The Morgan fingerprint density at radius 3 is 2.44 bits per heavy atom. The molecule has 0 aromatic rings. The van der Waals surface area contributed by atoms with Crippen LogP contribution in [-0.4, -0.2) is 48.1 Å². The first-order valence-electron chi connectivity index (χ1n) is 5.96. The van der Waals surface area contributed by atoms with Crippen molar-refractivity contribution in [3.63, 3.8) is 0 Å². The van der Waals surface area contributed by atoms with Gasteiger partial charge in [0.2, 0.25) is 5.91 Å². The number of amides is 1. The molecule has 1 saturated heterocycles. The first-order valence-corrected chi connectivity index (χ1v) is 7.35. The lowest BCUT2D eigenvalue weighted by Gasteiger charge is -2.34. The Bertz CT molecular complexity index is 278. The lowest BCUT2D eigenvalue weighted by molar-refractivity contribution is -0.186. The minimum Gasteiger partial charge on any atom is -0.341 e. The number of thioether (sulfide) groups is 1. The second-order valence-corrected chi connectivity index (χ2v) is 5.51. The van der Waals surface area contributed by atoms with Crippen molar-refractivity contribution >= 4 is 17.7 Å². The molecule has 1 atom stereocenters. The molecular weight excluding hydrogens is 265 g/mol. The molecule has 1 rings (SSSR count). The molecule has 1 fully saturated rings. The molecule has 0 saturated carbocycles. The van der Waals surface area contributed by atoms with Gasteiger partial charge in [-0.25, -0.2) is 0 Å². The highest BCUT2D eigenvalue weighted by molar-refractivity contribution is 7.98. The highest BCUT2D eigenvalue weighted by Gasteiger charge is 2.42. The third-order valence-electron chi connectivity index (χ3n) is 3.22.